The molecule has 2 heterocycles. The molecule has 0 fully saturated rings. The molecule has 0 radical (unpaired) electrons. The maximum atomic E-state index is 12.6. The van der Waals surface area contributed by atoms with Crippen molar-refractivity contribution in [1.29, 1.82) is 0 Å². The topological polar surface area (TPSA) is 165 Å². The number of alkyl halides is 3. The first kappa shape index (κ1) is 35.8. The van der Waals surface area contributed by atoms with E-state index in [4.69, 9.17) is 5.11 Å². The molecule has 11 nitrogen and oxygen atoms in total. The molecule has 0 saturated carbocycles. The van der Waals surface area contributed by atoms with Crippen molar-refractivity contribution in [2.75, 3.05) is 10.6 Å². The lowest BCUT2D eigenvalue weighted by Gasteiger charge is -2.19. The number of rotatable bonds is 17. The molecule has 2 aromatic carbocycles. The van der Waals surface area contributed by atoms with E-state index in [9.17, 15) is 28.2 Å². The van der Waals surface area contributed by atoms with Gasteiger partial charge in [-0.3, -0.25) is 10.1 Å². The van der Waals surface area contributed by atoms with Gasteiger partial charge in [-0.1, -0.05) is 72.9 Å². The molecule has 4 unspecified atom stereocenters. The number of carbonyl (C=O) groups is 1. The van der Waals surface area contributed by atoms with Gasteiger partial charge in [0.15, 0.2) is 11.9 Å². The minimum absolute atomic E-state index is 0.0282. The molecule has 0 aliphatic heterocycles. The summed E-state index contributed by atoms with van der Waals surface area (Å²) in [6.07, 6.45) is -7.49. The second kappa shape index (κ2) is 17.2. The lowest BCUT2D eigenvalue weighted by atomic mass is 10.00. The van der Waals surface area contributed by atoms with Crippen molar-refractivity contribution in [3.63, 3.8) is 0 Å². The Morgan fingerprint density at radius 2 is 1.64 bits per heavy atom. The van der Waals surface area contributed by atoms with Crippen LogP contribution >= 0.6 is 11.3 Å². The largest absolute Gasteiger partial charge is 0.414 e. The number of unbranched alkanes of at least 4 members (excludes halogenated alkanes) is 1. The van der Waals surface area contributed by atoms with Gasteiger partial charge in [0.2, 0.25) is 11.0 Å². The van der Waals surface area contributed by atoms with E-state index in [0.717, 1.165) is 35.5 Å². The molecular formula is C32H38F3N7O4S. The summed E-state index contributed by atoms with van der Waals surface area (Å²) in [5.41, 5.74) is 3.12. The summed E-state index contributed by atoms with van der Waals surface area (Å²) in [6.45, 7) is 1.99. The first-order valence-electron chi connectivity index (χ1n) is 15.1. The Kier molecular flexibility index (Phi) is 13.1. The summed E-state index contributed by atoms with van der Waals surface area (Å²) >= 11 is 1.42. The molecule has 0 aliphatic carbocycles. The lowest BCUT2D eigenvalue weighted by molar-refractivity contribution is -0.212. The van der Waals surface area contributed by atoms with Gasteiger partial charge in [-0.2, -0.15) is 18.3 Å². The smallest absolute Gasteiger partial charge is 0.384 e. The molecule has 6 N–H and O–H groups in total. The van der Waals surface area contributed by atoms with Crippen molar-refractivity contribution in [3.8, 4) is 0 Å². The quantitative estimate of drug-likeness (QED) is 0.0702. The van der Waals surface area contributed by atoms with Crippen LogP contribution in [0.25, 0.3) is 0 Å². The maximum Gasteiger partial charge on any atom is 0.414 e. The fourth-order valence-electron chi connectivity index (χ4n) is 4.63. The number of anilines is 2. The summed E-state index contributed by atoms with van der Waals surface area (Å²) in [5.74, 6) is -0.126. The van der Waals surface area contributed by atoms with E-state index in [-0.39, 0.29) is 24.8 Å². The zero-order valence-electron chi connectivity index (χ0n) is 25.7. The summed E-state index contributed by atoms with van der Waals surface area (Å²) in [4.78, 5) is 12.6. The predicted molar refractivity (Wildman–Crippen MR) is 171 cm³/mol. The lowest BCUT2D eigenvalue weighted by Crippen LogP contribution is -2.38. The molecule has 4 aromatic rings. The third kappa shape index (κ3) is 11.9. The molecule has 0 bridgehead atoms. The van der Waals surface area contributed by atoms with Crippen molar-refractivity contribution in [2.45, 2.75) is 82.6 Å². The third-order valence-electron chi connectivity index (χ3n) is 7.32. The van der Waals surface area contributed by atoms with Crippen molar-refractivity contribution in [1.82, 2.24) is 25.7 Å². The number of aromatic nitrogens is 4. The number of aryl methyl sites for hydroxylation is 2. The number of aliphatic hydroxyl groups excluding tert-OH is 3. The Balaban J connectivity index is 1.14. The van der Waals surface area contributed by atoms with E-state index in [1.165, 1.54) is 11.3 Å². The zero-order chi connectivity index (χ0) is 33.8. The van der Waals surface area contributed by atoms with Gasteiger partial charge in [0.25, 0.3) is 0 Å². The van der Waals surface area contributed by atoms with Gasteiger partial charge in [0, 0.05) is 25.3 Å². The summed E-state index contributed by atoms with van der Waals surface area (Å²) in [6, 6.07) is 20.1. The Hall–Kier alpha value is -4.02. The molecule has 0 spiro atoms. The highest BCUT2D eigenvalue weighted by atomic mass is 32.1. The van der Waals surface area contributed by atoms with E-state index in [0.29, 0.717) is 28.5 Å². The Labute approximate surface area is 274 Å². The van der Waals surface area contributed by atoms with E-state index >= 15 is 0 Å². The molecule has 1 amide bonds. The van der Waals surface area contributed by atoms with Crippen LogP contribution < -0.4 is 16.0 Å². The van der Waals surface area contributed by atoms with Crippen LogP contribution in [0.1, 0.15) is 59.5 Å². The number of aliphatic hydroxyl groups is 3. The van der Waals surface area contributed by atoms with Gasteiger partial charge in [0.1, 0.15) is 17.5 Å². The van der Waals surface area contributed by atoms with Gasteiger partial charge in [-0.05, 0) is 48.1 Å². The average molecular weight is 674 g/mol. The molecule has 47 heavy (non-hydrogen) atoms. The molecule has 4 atom stereocenters. The third-order valence-corrected chi connectivity index (χ3v) is 8.23. The van der Waals surface area contributed by atoms with E-state index in [2.05, 4.69) is 36.3 Å². The minimum atomic E-state index is -4.81. The highest BCUT2D eigenvalue weighted by Crippen LogP contribution is 2.24. The van der Waals surface area contributed by atoms with E-state index in [1.807, 2.05) is 37.3 Å². The number of hydrogen-bond donors (Lipinski definition) is 6. The number of hydrogen-bond acceptors (Lipinski definition) is 11. The molecular weight excluding hydrogens is 635 g/mol. The van der Waals surface area contributed by atoms with Gasteiger partial charge < -0.3 is 26.0 Å². The van der Waals surface area contributed by atoms with Crippen LogP contribution in [0, 0.1) is 0 Å². The van der Waals surface area contributed by atoms with Crippen molar-refractivity contribution >= 4 is 28.2 Å². The van der Waals surface area contributed by atoms with Crippen LogP contribution in [0.15, 0.2) is 66.7 Å². The highest BCUT2D eigenvalue weighted by molar-refractivity contribution is 7.15. The van der Waals surface area contributed by atoms with Crippen LogP contribution in [-0.2, 0) is 30.6 Å². The normalized spacial score (nSPS) is 14.3. The van der Waals surface area contributed by atoms with Crippen LogP contribution in [0.3, 0.4) is 0 Å². The summed E-state index contributed by atoms with van der Waals surface area (Å²) in [5, 5.41) is 55.8. The number of nitrogens with zero attached hydrogens (tertiary/aromatic N) is 4. The van der Waals surface area contributed by atoms with Gasteiger partial charge in [-0.25, -0.2) is 0 Å². The van der Waals surface area contributed by atoms with Crippen molar-refractivity contribution < 1.29 is 33.3 Å². The maximum absolute atomic E-state index is 12.6. The van der Waals surface area contributed by atoms with Crippen molar-refractivity contribution in [2.24, 2.45) is 0 Å². The summed E-state index contributed by atoms with van der Waals surface area (Å²) < 4.78 is 37.4. The van der Waals surface area contributed by atoms with Crippen molar-refractivity contribution in [3.05, 3.63) is 94.1 Å². The van der Waals surface area contributed by atoms with Crippen LogP contribution in [0.2, 0.25) is 0 Å². The molecule has 4 rings (SSSR count). The highest BCUT2D eigenvalue weighted by Gasteiger charge is 2.39. The van der Waals surface area contributed by atoms with Gasteiger partial charge in [0.05, 0.1) is 12.1 Å². The van der Waals surface area contributed by atoms with Gasteiger partial charge >= 0.3 is 6.18 Å². The number of nitrogens with one attached hydrogen (secondary N) is 3. The summed E-state index contributed by atoms with van der Waals surface area (Å²) in [7, 11) is 0. The Morgan fingerprint density at radius 3 is 2.36 bits per heavy atom. The number of carbonyl (C=O) groups excluding carboxylic acids is 1. The Morgan fingerprint density at radius 1 is 0.894 bits per heavy atom. The zero-order valence-corrected chi connectivity index (χ0v) is 26.5. The minimum Gasteiger partial charge on any atom is -0.384 e. The van der Waals surface area contributed by atoms with Crippen LogP contribution in [-0.4, -0.2) is 66.4 Å². The first-order valence-corrected chi connectivity index (χ1v) is 16.0. The van der Waals surface area contributed by atoms with Gasteiger partial charge in [-0.15, -0.1) is 15.3 Å². The first-order chi connectivity index (χ1) is 22.5. The average Bonchev–Trinajstić information content (AvgIpc) is 3.49. The number of benzene rings is 2. The second-order valence-electron chi connectivity index (χ2n) is 11.1. The Bertz CT molecular complexity index is 1540. The molecule has 0 saturated heterocycles. The van der Waals surface area contributed by atoms with Crippen LogP contribution in [0.4, 0.5) is 24.1 Å². The number of amides is 1. The standard InChI is InChI=1S/C32H38F3N7O4S/c1-20(23-10-3-2-4-11-23)30(46)38-31-42-41-29(47-31)13-6-5-12-24-14-15-26(40-39-24)37-28(45)17-21-8-7-9-22(16-21)19-36-27(44)18-25(43)32(33,34)35/h2-4,7-11,14-16,20,25,27,30,36,43-44,46H,5-6,12-13,17-19H2,1H3,(H,38,42)(H,37,40,45). The fraction of sp³-hybridized carbons (Fsp3) is 0.406. The molecule has 15 heteroatoms. The molecule has 0 aliphatic rings. The predicted octanol–water partition coefficient (Wildman–Crippen LogP) is 4.33. The number of halogens is 3. The van der Waals surface area contributed by atoms with E-state index < -0.39 is 31.2 Å². The van der Waals surface area contributed by atoms with E-state index in [1.54, 1.807) is 36.4 Å². The fourth-order valence-corrected chi connectivity index (χ4v) is 5.44. The molecule has 252 valence electrons. The SMILES string of the molecule is CC(c1ccccc1)C(O)Nc1nnc(CCCCc2ccc(NC(=O)Cc3cccc(CNC(O)CC(O)C(F)(F)F)c3)nn2)s1. The monoisotopic (exact) mass is 673 g/mol. The molecule has 2 aromatic heterocycles. The second-order valence-corrected chi connectivity index (χ2v) is 12.2. The van der Waals surface area contributed by atoms with Crippen LogP contribution in [0.5, 0.6) is 0 Å².